The van der Waals surface area contributed by atoms with Crippen molar-refractivity contribution < 1.29 is 13.2 Å². The molecule has 164 valence electrons. The van der Waals surface area contributed by atoms with Crippen molar-refractivity contribution >= 4 is 28.0 Å². The van der Waals surface area contributed by atoms with Gasteiger partial charge >= 0.3 is 0 Å². The lowest BCUT2D eigenvalue weighted by molar-refractivity contribution is -0.131. The second-order valence-electron chi connectivity index (χ2n) is 8.86. The van der Waals surface area contributed by atoms with E-state index in [9.17, 15) is 13.2 Å². The molecule has 1 aromatic rings. The zero-order chi connectivity index (χ0) is 21.9. The molecule has 2 heterocycles. The smallest absolute Gasteiger partial charge is 0.257 e. The van der Waals surface area contributed by atoms with Gasteiger partial charge in [-0.15, -0.1) is 0 Å². The summed E-state index contributed by atoms with van der Waals surface area (Å²) in [5, 5.41) is 1.27. The molecule has 7 nitrogen and oxygen atoms in total. The van der Waals surface area contributed by atoms with E-state index in [0.29, 0.717) is 44.8 Å². The summed E-state index contributed by atoms with van der Waals surface area (Å²) in [6, 6.07) is 9.37. The van der Waals surface area contributed by atoms with Crippen LogP contribution in [0.25, 0.3) is 6.08 Å². The van der Waals surface area contributed by atoms with Gasteiger partial charge in [0.05, 0.1) is 0 Å². The number of nitrogens with two attached hydrogens (primary N) is 1. The van der Waals surface area contributed by atoms with Gasteiger partial charge in [-0.2, -0.15) is 4.31 Å². The van der Waals surface area contributed by atoms with Gasteiger partial charge in [-0.1, -0.05) is 44.2 Å². The van der Waals surface area contributed by atoms with Gasteiger partial charge in [-0.05, 0) is 49.7 Å². The molecule has 3 rings (SSSR count). The number of sulfonamides is 1. The van der Waals surface area contributed by atoms with Gasteiger partial charge in [0.25, 0.3) is 5.91 Å². The molecule has 0 spiro atoms. The molecule has 2 aliphatic heterocycles. The highest BCUT2D eigenvalue weighted by Crippen LogP contribution is 2.30. The maximum Gasteiger partial charge on any atom is 0.257 e. The number of guanidine groups is 1. The Morgan fingerprint density at radius 1 is 1.23 bits per heavy atom. The van der Waals surface area contributed by atoms with Crippen LogP contribution in [0.15, 0.2) is 40.7 Å². The number of rotatable bonds is 7. The Balaban J connectivity index is 1.56. The third kappa shape index (κ3) is 5.10. The van der Waals surface area contributed by atoms with E-state index in [-0.39, 0.29) is 17.8 Å². The first kappa shape index (κ1) is 22.5. The quantitative estimate of drug-likeness (QED) is 0.716. The van der Waals surface area contributed by atoms with E-state index in [4.69, 9.17) is 5.73 Å². The van der Waals surface area contributed by atoms with Crippen LogP contribution >= 0.6 is 0 Å². The van der Waals surface area contributed by atoms with E-state index in [1.54, 1.807) is 11.0 Å². The fourth-order valence-corrected chi connectivity index (χ4v) is 5.50. The highest BCUT2D eigenvalue weighted by Gasteiger charge is 2.44. The highest BCUT2D eigenvalue weighted by atomic mass is 32.2. The lowest BCUT2D eigenvalue weighted by Crippen LogP contribution is -2.47. The van der Waals surface area contributed by atoms with Gasteiger partial charge in [0.2, 0.25) is 10.0 Å². The largest absolute Gasteiger partial charge is 0.369 e. The molecule has 1 atom stereocenters. The van der Waals surface area contributed by atoms with Crippen molar-refractivity contribution in [3.05, 3.63) is 41.3 Å². The maximum atomic E-state index is 12.9. The summed E-state index contributed by atoms with van der Waals surface area (Å²) in [5.41, 5.74) is 6.13. The fourth-order valence-electron chi connectivity index (χ4n) is 4.28. The molecule has 1 saturated heterocycles. The van der Waals surface area contributed by atoms with Crippen molar-refractivity contribution in [3.8, 4) is 0 Å². The number of carbonyl (C=O) groups excluding carboxylic acids is 1. The molecule has 0 radical (unpaired) electrons. The number of carbonyl (C=O) groups is 1. The number of hydrogen-bond donors (Lipinski definition) is 1. The molecule has 0 saturated carbocycles. The molecule has 0 aromatic heterocycles. The Hall–Kier alpha value is -2.19. The molecule has 30 heavy (non-hydrogen) atoms. The molecule has 2 aliphatic rings. The van der Waals surface area contributed by atoms with Gasteiger partial charge in [-0.3, -0.25) is 9.69 Å². The van der Waals surface area contributed by atoms with E-state index in [0.717, 1.165) is 5.56 Å². The minimum absolute atomic E-state index is 0.0467. The van der Waals surface area contributed by atoms with Gasteiger partial charge in [0, 0.05) is 25.0 Å². The summed E-state index contributed by atoms with van der Waals surface area (Å²) in [6.07, 6.45) is 3.66. The van der Waals surface area contributed by atoms with Crippen LogP contribution in [0, 0.1) is 11.8 Å². The molecular weight excluding hydrogens is 400 g/mol. The van der Waals surface area contributed by atoms with E-state index >= 15 is 0 Å². The molecule has 1 fully saturated rings. The standard InChI is InChI=1S/C22H32N4O3S/c1-17(2)15-22(3)20(27)26(21(23)24-22)16-19-9-12-25(13-10-19)30(28,29)14-11-18-7-5-4-6-8-18/h4-8,11,14,17,19H,9-10,12-13,15-16H2,1-3H3,(H2,23,24). The summed E-state index contributed by atoms with van der Waals surface area (Å²) in [6.45, 7) is 7.35. The second kappa shape index (κ2) is 8.89. The van der Waals surface area contributed by atoms with Crippen LogP contribution in [0.5, 0.6) is 0 Å². The summed E-state index contributed by atoms with van der Waals surface area (Å²) >= 11 is 0. The highest BCUT2D eigenvalue weighted by molar-refractivity contribution is 7.92. The van der Waals surface area contributed by atoms with Gasteiger partial charge in [-0.25, -0.2) is 13.4 Å². The second-order valence-corrected chi connectivity index (χ2v) is 10.7. The minimum Gasteiger partial charge on any atom is -0.369 e. The minimum atomic E-state index is -3.46. The third-order valence-corrected chi connectivity index (χ3v) is 7.32. The van der Waals surface area contributed by atoms with Gasteiger partial charge in [0.15, 0.2) is 5.96 Å². The molecule has 1 aromatic carbocycles. The Bertz CT molecular complexity index is 919. The monoisotopic (exact) mass is 432 g/mol. The van der Waals surface area contributed by atoms with Crippen molar-refractivity contribution in [2.75, 3.05) is 19.6 Å². The van der Waals surface area contributed by atoms with Crippen molar-refractivity contribution in [1.82, 2.24) is 9.21 Å². The first-order valence-corrected chi connectivity index (χ1v) is 12.0. The van der Waals surface area contributed by atoms with Crippen LogP contribution in [0.4, 0.5) is 0 Å². The molecule has 1 unspecified atom stereocenters. The fraction of sp³-hybridized carbons (Fsp3) is 0.545. The lowest BCUT2D eigenvalue weighted by atomic mass is 9.90. The average Bonchev–Trinajstić information content (AvgIpc) is 2.90. The zero-order valence-electron chi connectivity index (χ0n) is 18.0. The number of aliphatic imine (C=N–C) groups is 1. The Kier molecular flexibility index (Phi) is 6.67. The first-order chi connectivity index (χ1) is 14.1. The van der Waals surface area contributed by atoms with Crippen LogP contribution < -0.4 is 5.73 Å². The van der Waals surface area contributed by atoms with Crippen molar-refractivity contribution in [2.45, 2.75) is 45.6 Å². The van der Waals surface area contributed by atoms with Crippen LogP contribution in [0.3, 0.4) is 0 Å². The van der Waals surface area contributed by atoms with E-state index in [1.165, 1.54) is 9.71 Å². The number of amides is 1. The number of benzene rings is 1. The summed E-state index contributed by atoms with van der Waals surface area (Å²) in [4.78, 5) is 18.9. The molecule has 8 heteroatoms. The van der Waals surface area contributed by atoms with Crippen LogP contribution in [0.1, 0.15) is 45.6 Å². The van der Waals surface area contributed by atoms with E-state index < -0.39 is 15.6 Å². The van der Waals surface area contributed by atoms with Crippen LogP contribution in [0.2, 0.25) is 0 Å². The van der Waals surface area contributed by atoms with Crippen molar-refractivity contribution in [2.24, 2.45) is 22.6 Å². The zero-order valence-corrected chi connectivity index (χ0v) is 18.8. The van der Waals surface area contributed by atoms with E-state index in [2.05, 4.69) is 18.8 Å². The molecule has 0 bridgehead atoms. The number of nitrogens with zero attached hydrogens (tertiary/aromatic N) is 3. The predicted molar refractivity (Wildman–Crippen MR) is 120 cm³/mol. The topological polar surface area (TPSA) is 96.1 Å². The maximum absolute atomic E-state index is 12.9. The number of hydrogen-bond acceptors (Lipinski definition) is 5. The normalized spacial score (nSPS) is 24.2. The van der Waals surface area contributed by atoms with Gasteiger partial charge < -0.3 is 5.73 Å². The van der Waals surface area contributed by atoms with Crippen LogP contribution in [-0.2, 0) is 14.8 Å². The lowest BCUT2D eigenvalue weighted by Gasteiger charge is -2.33. The van der Waals surface area contributed by atoms with Gasteiger partial charge in [0.1, 0.15) is 5.54 Å². The first-order valence-electron chi connectivity index (χ1n) is 10.5. The molecule has 1 amide bonds. The van der Waals surface area contributed by atoms with Crippen molar-refractivity contribution in [3.63, 3.8) is 0 Å². The predicted octanol–water partition coefficient (Wildman–Crippen LogP) is 2.66. The molecule has 2 N–H and O–H groups in total. The average molecular weight is 433 g/mol. The SMILES string of the molecule is CC(C)CC1(C)N=C(N)N(CC2CCN(S(=O)(=O)C=Cc3ccccc3)CC2)C1=O. The third-order valence-electron chi connectivity index (χ3n) is 5.76. The molecular formula is C22H32N4O3S. The van der Waals surface area contributed by atoms with Crippen molar-refractivity contribution in [1.29, 1.82) is 0 Å². The summed E-state index contributed by atoms with van der Waals surface area (Å²) in [7, 11) is -3.46. The Morgan fingerprint density at radius 3 is 2.47 bits per heavy atom. The molecule has 0 aliphatic carbocycles. The van der Waals surface area contributed by atoms with Crippen LogP contribution in [-0.4, -0.2) is 54.7 Å². The van der Waals surface area contributed by atoms with E-state index in [1.807, 2.05) is 37.3 Å². The Morgan fingerprint density at radius 2 is 1.87 bits per heavy atom. The number of piperidine rings is 1. The Labute approximate surface area is 179 Å². The summed E-state index contributed by atoms with van der Waals surface area (Å²) < 4.78 is 26.8. The summed E-state index contributed by atoms with van der Waals surface area (Å²) in [5.74, 6) is 0.778.